The normalized spacial score (nSPS) is 17.4. The van der Waals surface area contributed by atoms with Gasteiger partial charge in [-0.2, -0.15) is 0 Å². The lowest BCUT2D eigenvalue weighted by Crippen LogP contribution is -2.42. The molecule has 0 aliphatic carbocycles. The summed E-state index contributed by atoms with van der Waals surface area (Å²) in [6.07, 6.45) is 3.92. The number of carbonyl (C=O) groups excluding carboxylic acids is 1. The van der Waals surface area contributed by atoms with Crippen LogP contribution in [-0.2, 0) is 17.8 Å². The van der Waals surface area contributed by atoms with E-state index in [9.17, 15) is 9.18 Å². The van der Waals surface area contributed by atoms with Gasteiger partial charge in [0.15, 0.2) is 0 Å². The standard InChI is InChI=1S/C25H33FN2O/c1-19(2)22-11-7-20(8-12-22)5-3-15-27-25(29)23-6-4-16-28(18-23)17-21-9-13-24(26)14-10-21/h7-14,19,23H,3-6,15-18H2,1-2H3,(H,27,29)/t23-/m1/s1. The zero-order chi connectivity index (χ0) is 20.6. The monoisotopic (exact) mass is 396 g/mol. The molecule has 0 radical (unpaired) electrons. The fourth-order valence-electron chi connectivity index (χ4n) is 3.98. The number of rotatable bonds is 8. The number of likely N-dealkylation sites (tertiary alicyclic amines) is 1. The Kier molecular flexibility index (Phi) is 7.82. The molecular weight excluding hydrogens is 363 g/mol. The molecule has 1 amide bonds. The molecule has 1 aliphatic rings. The maximum atomic E-state index is 13.1. The van der Waals surface area contributed by atoms with Crippen molar-refractivity contribution in [3.8, 4) is 0 Å². The van der Waals surface area contributed by atoms with Gasteiger partial charge in [-0.25, -0.2) is 4.39 Å². The average Bonchev–Trinajstić information content (AvgIpc) is 2.73. The number of amides is 1. The summed E-state index contributed by atoms with van der Waals surface area (Å²) in [5.74, 6) is 0.570. The van der Waals surface area contributed by atoms with E-state index in [1.54, 1.807) is 0 Å². The summed E-state index contributed by atoms with van der Waals surface area (Å²) in [7, 11) is 0. The first-order chi connectivity index (χ1) is 14.0. The summed E-state index contributed by atoms with van der Waals surface area (Å²) >= 11 is 0. The molecule has 0 saturated carbocycles. The average molecular weight is 397 g/mol. The summed E-state index contributed by atoms with van der Waals surface area (Å²) in [6, 6.07) is 15.5. The third-order valence-corrected chi connectivity index (χ3v) is 5.78. The first kappa shape index (κ1) is 21.5. The minimum Gasteiger partial charge on any atom is -0.356 e. The topological polar surface area (TPSA) is 32.3 Å². The molecule has 1 atom stereocenters. The Bertz CT molecular complexity index is 770. The SMILES string of the molecule is CC(C)c1ccc(CCCNC(=O)[C@@H]2CCCN(Cc3ccc(F)cc3)C2)cc1. The second kappa shape index (κ2) is 10.5. The molecule has 0 bridgehead atoms. The van der Waals surface area contributed by atoms with Crippen LogP contribution in [0, 0.1) is 11.7 Å². The van der Waals surface area contributed by atoms with Crippen LogP contribution in [0.15, 0.2) is 48.5 Å². The predicted octanol–water partition coefficient (Wildman–Crippen LogP) is 4.91. The molecule has 4 heteroatoms. The Labute approximate surface area is 174 Å². The number of nitrogens with zero attached hydrogens (tertiary/aromatic N) is 1. The zero-order valence-electron chi connectivity index (χ0n) is 17.7. The van der Waals surface area contributed by atoms with Gasteiger partial charge in [-0.3, -0.25) is 9.69 Å². The van der Waals surface area contributed by atoms with E-state index < -0.39 is 0 Å². The third kappa shape index (κ3) is 6.67. The quantitative estimate of drug-likeness (QED) is 0.643. The second-order valence-electron chi connectivity index (χ2n) is 8.49. The number of hydrogen-bond acceptors (Lipinski definition) is 2. The highest BCUT2D eigenvalue weighted by atomic mass is 19.1. The second-order valence-corrected chi connectivity index (χ2v) is 8.49. The summed E-state index contributed by atoms with van der Waals surface area (Å²) in [4.78, 5) is 14.9. The van der Waals surface area contributed by atoms with Gasteiger partial charge in [-0.05, 0) is 67.0 Å². The van der Waals surface area contributed by atoms with Crippen LogP contribution in [-0.4, -0.2) is 30.4 Å². The summed E-state index contributed by atoms with van der Waals surface area (Å²) in [5.41, 5.74) is 3.78. The fraction of sp³-hybridized carbons (Fsp3) is 0.480. The number of hydrogen-bond donors (Lipinski definition) is 1. The van der Waals surface area contributed by atoms with Crippen LogP contribution in [0.2, 0.25) is 0 Å². The Hall–Kier alpha value is -2.20. The van der Waals surface area contributed by atoms with Crippen LogP contribution in [0.1, 0.15) is 55.7 Å². The van der Waals surface area contributed by atoms with Gasteiger partial charge in [0.05, 0.1) is 5.92 Å². The van der Waals surface area contributed by atoms with Gasteiger partial charge in [0.25, 0.3) is 0 Å². The van der Waals surface area contributed by atoms with E-state index in [-0.39, 0.29) is 17.6 Å². The predicted molar refractivity (Wildman–Crippen MR) is 116 cm³/mol. The van der Waals surface area contributed by atoms with Crippen LogP contribution < -0.4 is 5.32 Å². The maximum Gasteiger partial charge on any atom is 0.224 e. The lowest BCUT2D eigenvalue weighted by atomic mass is 9.96. The van der Waals surface area contributed by atoms with E-state index in [1.807, 2.05) is 12.1 Å². The molecule has 29 heavy (non-hydrogen) atoms. The van der Waals surface area contributed by atoms with E-state index >= 15 is 0 Å². The first-order valence-electron chi connectivity index (χ1n) is 10.8. The van der Waals surface area contributed by atoms with Crippen LogP contribution in [0.4, 0.5) is 4.39 Å². The van der Waals surface area contributed by atoms with Gasteiger partial charge in [0, 0.05) is 19.6 Å². The molecule has 1 N–H and O–H groups in total. The lowest BCUT2D eigenvalue weighted by molar-refractivity contribution is -0.126. The Morgan fingerprint density at radius 2 is 1.79 bits per heavy atom. The molecule has 2 aromatic carbocycles. The van der Waals surface area contributed by atoms with Crippen molar-refractivity contribution in [3.63, 3.8) is 0 Å². The Morgan fingerprint density at radius 1 is 1.10 bits per heavy atom. The number of carbonyl (C=O) groups is 1. The van der Waals surface area contributed by atoms with Gasteiger partial charge >= 0.3 is 0 Å². The number of benzene rings is 2. The summed E-state index contributed by atoms with van der Waals surface area (Å²) in [5, 5.41) is 3.13. The summed E-state index contributed by atoms with van der Waals surface area (Å²) < 4.78 is 13.1. The van der Waals surface area contributed by atoms with Crippen molar-refractivity contribution < 1.29 is 9.18 Å². The fourth-order valence-corrected chi connectivity index (χ4v) is 3.98. The van der Waals surface area contributed by atoms with Crippen LogP contribution >= 0.6 is 0 Å². The van der Waals surface area contributed by atoms with Gasteiger partial charge in [-0.1, -0.05) is 50.2 Å². The molecule has 1 aliphatic heterocycles. The molecule has 3 rings (SSSR count). The van der Waals surface area contributed by atoms with Crippen LogP contribution in [0.3, 0.4) is 0 Å². The van der Waals surface area contributed by atoms with Crippen LogP contribution in [0.5, 0.6) is 0 Å². The lowest BCUT2D eigenvalue weighted by Gasteiger charge is -2.32. The number of aryl methyl sites for hydroxylation is 1. The highest BCUT2D eigenvalue weighted by molar-refractivity contribution is 5.78. The first-order valence-corrected chi connectivity index (χ1v) is 10.8. The minimum absolute atomic E-state index is 0.0505. The van der Waals surface area contributed by atoms with Crippen molar-refractivity contribution in [3.05, 3.63) is 71.0 Å². The number of halogens is 1. The van der Waals surface area contributed by atoms with Crippen molar-refractivity contribution in [2.45, 2.75) is 52.0 Å². The molecule has 1 fully saturated rings. The van der Waals surface area contributed by atoms with Crippen molar-refractivity contribution in [2.75, 3.05) is 19.6 Å². The molecule has 0 unspecified atom stereocenters. The maximum absolute atomic E-state index is 13.1. The highest BCUT2D eigenvalue weighted by Gasteiger charge is 2.25. The molecular formula is C25H33FN2O. The van der Waals surface area contributed by atoms with Gasteiger partial charge in [0.2, 0.25) is 5.91 Å². The molecule has 0 aromatic heterocycles. The minimum atomic E-state index is -0.208. The molecule has 1 saturated heterocycles. The molecule has 3 nitrogen and oxygen atoms in total. The van der Waals surface area contributed by atoms with Gasteiger partial charge in [0.1, 0.15) is 5.82 Å². The van der Waals surface area contributed by atoms with E-state index in [0.29, 0.717) is 5.92 Å². The summed E-state index contributed by atoms with van der Waals surface area (Å²) in [6.45, 7) is 7.68. The Morgan fingerprint density at radius 3 is 2.48 bits per heavy atom. The number of piperidine rings is 1. The van der Waals surface area contributed by atoms with E-state index in [4.69, 9.17) is 0 Å². The molecule has 1 heterocycles. The van der Waals surface area contributed by atoms with E-state index in [2.05, 4.69) is 48.3 Å². The Balaban J connectivity index is 1.39. The zero-order valence-corrected chi connectivity index (χ0v) is 17.7. The van der Waals surface area contributed by atoms with Crippen LogP contribution in [0.25, 0.3) is 0 Å². The van der Waals surface area contributed by atoms with Gasteiger partial charge < -0.3 is 5.32 Å². The molecule has 2 aromatic rings. The van der Waals surface area contributed by atoms with E-state index in [0.717, 1.165) is 57.4 Å². The smallest absolute Gasteiger partial charge is 0.224 e. The van der Waals surface area contributed by atoms with Crippen molar-refractivity contribution >= 4 is 5.91 Å². The third-order valence-electron chi connectivity index (χ3n) is 5.78. The van der Waals surface area contributed by atoms with E-state index in [1.165, 1.54) is 23.3 Å². The molecule has 0 spiro atoms. The number of nitrogens with one attached hydrogen (secondary N) is 1. The molecule has 156 valence electrons. The van der Waals surface area contributed by atoms with Crippen molar-refractivity contribution in [1.29, 1.82) is 0 Å². The van der Waals surface area contributed by atoms with Crippen molar-refractivity contribution in [2.24, 2.45) is 5.92 Å². The van der Waals surface area contributed by atoms with Crippen molar-refractivity contribution in [1.82, 2.24) is 10.2 Å². The highest BCUT2D eigenvalue weighted by Crippen LogP contribution is 2.19. The largest absolute Gasteiger partial charge is 0.356 e. The van der Waals surface area contributed by atoms with Gasteiger partial charge in [-0.15, -0.1) is 0 Å².